The summed E-state index contributed by atoms with van der Waals surface area (Å²) in [4.78, 5) is 0. The van der Waals surface area contributed by atoms with Crippen molar-refractivity contribution in [3.8, 4) is 0 Å². The van der Waals surface area contributed by atoms with Crippen LogP contribution in [-0.4, -0.2) is 30.6 Å². The monoisotopic (exact) mass is 334 g/mol. The first kappa shape index (κ1) is 24.7. The molecule has 0 saturated carbocycles. The molecule has 0 fully saturated rings. The molecule has 0 bridgehead atoms. The maximum atomic E-state index is 12.7. The van der Waals surface area contributed by atoms with E-state index in [-0.39, 0.29) is 7.43 Å². The van der Waals surface area contributed by atoms with Gasteiger partial charge < -0.3 is 4.74 Å². The van der Waals surface area contributed by atoms with Crippen LogP contribution in [0.3, 0.4) is 0 Å². The van der Waals surface area contributed by atoms with E-state index in [1.807, 2.05) is 0 Å². The zero-order valence-corrected chi connectivity index (χ0v) is 9.92. The molecule has 0 amide bonds. The van der Waals surface area contributed by atoms with Gasteiger partial charge in [-0.3, -0.25) is 0 Å². The van der Waals surface area contributed by atoms with Gasteiger partial charge in [0, 0.05) is 0 Å². The van der Waals surface area contributed by atoms with Crippen LogP contribution in [0, 0.1) is 0 Å². The Bertz CT molecular complexity index is 309. The molecule has 21 heavy (non-hydrogen) atoms. The van der Waals surface area contributed by atoms with Crippen LogP contribution in [0.4, 0.5) is 39.5 Å². The quantitative estimate of drug-likeness (QED) is 0.272. The van der Waals surface area contributed by atoms with Gasteiger partial charge in [0.2, 0.25) is 0 Å². The van der Waals surface area contributed by atoms with E-state index in [0.29, 0.717) is 6.26 Å². The van der Waals surface area contributed by atoms with E-state index in [1.54, 1.807) is 0 Å². The maximum Gasteiger partial charge on any atom is 0.460 e. The van der Waals surface area contributed by atoms with Crippen LogP contribution in [0.25, 0.3) is 0 Å². The molecule has 128 valence electrons. The summed E-state index contributed by atoms with van der Waals surface area (Å²) >= 11 is 0. The summed E-state index contributed by atoms with van der Waals surface area (Å²) < 4.78 is 114. The van der Waals surface area contributed by atoms with Gasteiger partial charge in [0.15, 0.2) is 0 Å². The molecule has 0 heterocycles. The highest BCUT2D eigenvalue weighted by molar-refractivity contribution is 5.00. The van der Waals surface area contributed by atoms with Crippen LogP contribution in [0.1, 0.15) is 13.8 Å². The summed E-state index contributed by atoms with van der Waals surface area (Å²) in [6.07, 6.45) is -8.26. The topological polar surface area (TPSA) is 9.23 Å². The third-order valence-electron chi connectivity index (χ3n) is 1.86. The first-order valence-electron chi connectivity index (χ1n) is 4.74. The fourth-order valence-electron chi connectivity index (χ4n) is 0.835. The summed E-state index contributed by atoms with van der Waals surface area (Å²) in [5.41, 5.74) is 0. The van der Waals surface area contributed by atoms with Crippen LogP contribution in [0.15, 0.2) is 26.0 Å². The number of rotatable bonds is 6. The fourth-order valence-corrected chi connectivity index (χ4v) is 0.835. The SMILES string of the molecule is C.C=C.C=COCCC(F)(F)C(F)(F)C(F)(F)C(F)(F)F. The third kappa shape index (κ3) is 5.16. The Kier molecular flexibility index (Phi) is 9.60. The summed E-state index contributed by atoms with van der Waals surface area (Å²) in [6, 6.07) is 0. The lowest BCUT2D eigenvalue weighted by Crippen LogP contribution is -2.61. The highest BCUT2D eigenvalue weighted by atomic mass is 19.4. The van der Waals surface area contributed by atoms with Crippen LogP contribution in [0.2, 0.25) is 0 Å². The summed E-state index contributed by atoms with van der Waals surface area (Å²) in [6.45, 7) is 7.67. The van der Waals surface area contributed by atoms with E-state index in [1.165, 1.54) is 0 Å². The van der Waals surface area contributed by atoms with E-state index in [2.05, 4.69) is 24.5 Å². The number of halogens is 9. The highest BCUT2D eigenvalue weighted by Crippen LogP contribution is 2.53. The Morgan fingerprint density at radius 1 is 0.810 bits per heavy atom. The molecule has 0 saturated heterocycles. The number of hydrogen-bond acceptors (Lipinski definition) is 1. The van der Waals surface area contributed by atoms with Gasteiger partial charge in [0.05, 0.1) is 19.3 Å². The molecule has 0 aromatic carbocycles. The highest BCUT2D eigenvalue weighted by Gasteiger charge is 2.81. The second-order valence-electron chi connectivity index (χ2n) is 3.14. The molecule has 0 atom stereocenters. The first-order chi connectivity index (χ1) is 8.81. The Morgan fingerprint density at radius 2 is 1.19 bits per heavy atom. The Hall–Kier alpha value is -1.35. The van der Waals surface area contributed by atoms with Crippen molar-refractivity contribution in [1.82, 2.24) is 0 Å². The second kappa shape index (κ2) is 8.18. The van der Waals surface area contributed by atoms with Gasteiger partial charge >= 0.3 is 23.9 Å². The predicted octanol–water partition coefficient (Wildman–Crippen LogP) is 5.44. The lowest BCUT2D eigenvalue weighted by Gasteiger charge is -2.33. The van der Waals surface area contributed by atoms with Gasteiger partial charge in [-0.05, 0) is 0 Å². The lowest BCUT2D eigenvalue weighted by atomic mass is 10.0. The molecule has 0 aliphatic rings. The van der Waals surface area contributed by atoms with E-state index in [0.717, 1.165) is 0 Å². The third-order valence-corrected chi connectivity index (χ3v) is 1.86. The average Bonchev–Trinajstić information content (AvgIpc) is 2.30. The molecule has 0 aromatic heterocycles. The summed E-state index contributed by atoms with van der Waals surface area (Å²) in [5, 5.41) is 0. The second-order valence-corrected chi connectivity index (χ2v) is 3.14. The van der Waals surface area contributed by atoms with E-state index in [9.17, 15) is 39.5 Å². The van der Waals surface area contributed by atoms with Crippen molar-refractivity contribution < 1.29 is 44.3 Å². The van der Waals surface area contributed by atoms with Crippen molar-refractivity contribution in [1.29, 1.82) is 0 Å². The molecular formula is C11H15F9O. The standard InChI is InChI=1S/C8H7F9O.C2H4.CH4/c1-2-18-4-3-5(9,10)6(11,12)7(13,14)8(15,16)17;1-2;/h2H,1,3-4H2;1-2H2;1H4. The molecule has 0 rings (SSSR count). The van der Waals surface area contributed by atoms with Gasteiger partial charge in [-0.25, -0.2) is 0 Å². The summed E-state index contributed by atoms with van der Waals surface area (Å²) in [5.74, 6) is -19.0. The molecule has 10 heteroatoms. The van der Waals surface area contributed by atoms with Gasteiger partial charge in [-0.2, -0.15) is 39.5 Å². The molecular weight excluding hydrogens is 319 g/mol. The van der Waals surface area contributed by atoms with Crippen molar-refractivity contribution in [3.63, 3.8) is 0 Å². The lowest BCUT2D eigenvalue weighted by molar-refractivity contribution is -0.397. The fraction of sp³-hybridized carbons (Fsp3) is 0.636. The minimum Gasteiger partial charge on any atom is -0.502 e. The van der Waals surface area contributed by atoms with Crippen molar-refractivity contribution in [2.75, 3.05) is 6.61 Å². The van der Waals surface area contributed by atoms with E-state index in [4.69, 9.17) is 0 Å². The summed E-state index contributed by atoms with van der Waals surface area (Å²) in [7, 11) is 0. The van der Waals surface area contributed by atoms with E-state index < -0.39 is 37.0 Å². The minimum absolute atomic E-state index is 0. The zero-order chi connectivity index (χ0) is 16.8. The molecule has 1 nitrogen and oxygen atoms in total. The number of hydrogen-bond donors (Lipinski definition) is 0. The van der Waals surface area contributed by atoms with Crippen molar-refractivity contribution >= 4 is 0 Å². The predicted molar refractivity (Wildman–Crippen MR) is 59.6 cm³/mol. The van der Waals surface area contributed by atoms with Crippen molar-refractivity contribution in [2.45, 2.75) is 37.8 Å². The van der Waals surface area contributed by atoms with E-state index >= 15 is 0 Å². The average molecular weight is 334 g/mol. The van der Waals surface area contributed by atoms with Crippen molar-refractivity contribution in [2.24, 2.45) is 0 Å². The van der Waals surface area contributed by atoms with Gasteiger partial charge in [-0.1, -0.05) is 14.0 Å². The number of alkyl halides is 9. The van der Waals surface area contributed by atoms with Crippen LogP contribution in [-0.2, 0) is 4.74 Å². The Balaban J connectivity index is -0.00000103. The first-order valence-corrected chi connectivity index (χ1v) is 4.74. The molecule has 0 aliphatic carbocycles. The largest absolute Gasteiger partial charge is 0.502 e. The van der Waals surface area contributed by atoms with Crippen LogP contribution >= 0.6 is 0 Å². The number of ether oxygens (including phenoxy) is 1. The van der Waals surface area contributed by atoms with Gasteiger partial charge in [-0.15, -0.1) is 13.2 Å². The maximum absolute atomic E-state index is 12.7. The van der Waals surface area contributed by atoms with Crippen LogP contribution < -0.4 is 0 Å². The van der Waals surface area contributed by atoms with Gasteiger partial charge in [0.25, 0.3) is 0 Å². The minimum atomic E-state index is -6.85. The van der Waals surface area contributed by atoms with Crippen molar-refractivity contribution in [3.05, 3.63) is 26.0 Å². The molecule has 0 N–H and O–H groups in total. The Labute approximate surface area is 116 Å². The molecule has 0 unspecified atom stereocenters. The van der Waals surface area contributed by atoms with Crippen LogP contribution in [0.5, 0.6) is 0 Å². The van der Waals surface area contributed by atoms with Gasteiger partial charge in [0.1, 0.15) is 0 Å². The Morgan fingerprint density at radius 3 is 1.48 bits per heavy atom. The molecule has 0 spiro atoms. The smallest absolute Gasteiger partial charge is 0.460 e. The molecule has 0 aliphatic heterocycles. The zero-order valence-electron chi connectivity index (χ0n) is 9.92. The molecule has 0 radical (unpaired) electrons. The normalized spacial score (nSPS) is 12.6. The molecule has 0 aromatic rings.